The minimum Gasteiger partial charge on any atom is -0.457 e. The zero-order valence-corrected chi connectivity index (χ0v) is 18.4. The van der Waals surface area contributed by atoms with Crippen LogP contribution in [0.1, 0.15) is 44.0 Å². The van der Waals surface area contributed by atoms with Crippen molar-refractivity contribution in [2.45, 2.75) is 41.2 Å². The van der Waals surface area contributed by atoms with Crippen LogP contribution >= 0.6 is 0 Å². The van der Waals surface area contributed by atoms with Gasteiger partial charge in [-0.25, -0.2) is 9.59 Å². The molecule has 2 heterocycles. The van der Waals surface area contributed by atoms with E-state index in [1.165, 1.54) is 11.6 Å². The quantitative estimate of drug-likeness (QED) is 0.327. The van der Waals surface area contributed by atoms with Crippen molar-refractivity contribution in [3.05, 3.63) is 98.2 Å². The van der Waals surface area contributed by atoms with Crippen molar-refractivity contribution < 1.29 is 13.9 Å². The van der Waals surface area contributed by atoms with E-state index >= 15 is 0 Å². The SMILES string of the molecule is Cc1ccc(-n2c(C)cc(C(=O)OCc3cc(=O)oc4c(C)c(C)ccc34)c2C)cc1. The molecule has 2 aromatic carbocycles. The van der Waals surface area contributed by atoms with Gasteiger partial charge in [-0.15, -0.1) is 0 Å². The molecule has 0 aliphatic heterocycles. The molecule has 4 aromatic rings. The van der Waals surface area contributed by atoms with Gasteiger partial charge in [0, 0.05) is 34.1 Å². The molecule has 0 saturated heterocycles. The molecule has 0 saturated carbocycles. The number of carbonyl (C=O) groups excluding carboxylic acids is 1. The molecule has 0 aliphatic rings. The van der Waals surface area contributed by atoms with Gasteiger partial charge in [-0.3, -0.25) is 0 Å². The third-order valence-corrected chi connectivity index (χ3v) is 5.82. The van der Waals surface area contributed by atoms with E-state index in [-0.39, 0.29) is 6.61 Å². The molecular formula is C26H25NO4. The molecule has 158 valence electrons. The van der Waals surface area contributed by atoms with Gasteiger partial charge in [0.05, 0.1) is 5.56 Å². The minimum atomic E-state index is -0.454. The number of carbonyl (C=O) groups is 1. The Morgan fingerprint density at radius 1 is 0.968 bits per heavy atom. The monoisotopic (exact) mass is 415 g/mol. The lowest BCUT2D eigenvalue weighted by molar-refractivity contribution is 0.0473. The third kappa shape index (κ3) is 3.79. The van der Waals surface area contributed by atoms with Gasteiger partial charge in [0.15, 0.2) is 0 Å². The predicted molar refractivity (Wildman–Crippen MR) is 121 cm³/mol. The van der Waals surface area contributed by atoms with Crippen LogP contribution in [0.2, 0.25) is 0 Å². The maximum Gasteiger partial charge on any atom is 0.340 e. The van der Waals surface area contributed by atoms with E-state index in [2.05, 4.69) is 0 Å². The second-order valence-electron chi connectivity index (χ2n) is 8.01. The predicted octanol–water partition coefficient (Wildman–Crippen LogP) is 5.48. The first-order valence-electron chi connectivity index (χ1n) is 10.2. The highest BCUT2D eigenvalue weighted by Crippen LogP contribution is 2.25. The molecule has 0 radical (unpaired) electrons. The Morgan fingerprint density at radius 2 is 1.68 bits per heavy atom. The summed E-state index contributed by atoms with van der Waals surface area (Å²) in [6.07, 6.45) is 0. The highest BCUT2D eigenvalue weighted by molar-refractivity contribution is 5.91. The van der Waals surface area contributed by atoms with Crippen LogP contribution in [0.15, 0.2) is 57.7 Å². The van der Waals surface area contributed by atoms with E-state index in [1.54, 1.807) is 0 Å². The van der Waals surface area contributed by atoms with Crippen molar-refractivity contribution >= 4 is 16.9 Å². The highest BCUT2D eigenvalue weighted by atomic mass is 16.5. The Morgan fingerprint density at radius 3 is 2.39 bits per heavy atom. The number of esters is 1. The summed E-state index contributed by atoms with van der Waals surface area (Å²) in [5, 5.41) is 0.778. The molecule has 0 spiro atoms. The third-order valence-electron chi connectivity index (χ3n) is 5.82. The topological polar surface area (TPSA) is 61.4 Å². The molecule has 0 atom stereocenters. The second kappa shape index (κ2) is 7.91. The summed E-state index contributed by atoms with van der Waals surface area (Å²) >= 11 is 0. The van der Waals surface area contributed by atoms with Crippen LogP contribution in [0.3, 0.4) is 0 Å². The smallest absolute Gasteiger partial charge is 0.340 e. The minimum absolute atomic E-state index is 0.00235. The normalized spacial score (nSPS) is 11.1. The van der Waals surface area contributed by atoms with E-state index in [9.17, 15) is 9.59 Å². The molecule has 4 rings (SSSR count). The lowest BCUT2D eigenvalue weighted by atomic mass is 10.0. The largest absolute Gasteiger partial charge is 0.457 e. The van der Waals surface area contributed by atoms with Crippen molar-refractivity contribution in [2.75, 3.05) is 0 Å². The van der Waals surface area contributed by atoms with Gasteiger partial charge in [0.1, 0.15) is 12.2 Å². The maximum absolute atomic E-state index is 12.9. The van der Waals surface area contributed by atoms with Crippen LogP contribution < -0.4 is 5.63 Å². The standard InChI is InChI=1S/C26H25NO4/c1-15-6-9-21(10-7-15)27-17(3)12-23(19(27)5)26(29)30-14-20-13-24(28)31-25-18(4)16(2)8-11-22(20)25/h6-13H,14H2,1-5H3. The van der Waals surface area contributed by atoms with Crippen LogP contribution in [0.4, 0.5) is 0 Å². The molecule has 31 heavy (non-hydrogen) atoms. The summed E-state index contributed by atoms with van der Waals surface area (Å²) in [7, 11) is 0. The molecular weight excluding hydrogens is 390 g/mol. The Bertz CT molecular complexity index is 1360. The molecule has 5 nitrogen and oxygen atoms in total. The van der Waals surface area contributed by atoms with E-state index in [0.717, 1.165) is 33.6 Å². The fourth-order valence-electron chi connectivity index (χ4n) is 3.93. The fourth-order valence-corrected chi connectivity index (χ4v) is 3.93. The summed E-state index contributed by atoms with van der Waals surface area (Å²) in [4.78, 5) is 24.9. The summed E-state index contributed by atoms with van der Waals surface area (Å²) in [5.74, 6) is -0.420. The van der Waals surface area contributed by atoms with Gasteiger partial charge in [-0.2, -0.15) is 0 Å². The van der Waals surface area contributed by atoms with Crippen LogP contribution in [0.5, 0.6) is 0 Å². The number of aromatic nitrogens is 1. The molecule has 0 bridgehead atoms. The van der Waals surface area contributed by atoms with E-state index in [0.29, 0.717) is 16.7 Å². The Labute approximate surface area is 180 Å². The number of fused-ring (bicyclic) bond motifs is 1. The average molecular weight is 415 g/mol. The van der Waals surface area contributed by atoms with Crippen molar-refractivity contribution in [1.29, 1.82) is 0 Å². The lowest BCUT2D eigenvalue weighted by Crippen LogP contribution is -2.09. The number of benzene rings is 2. The summed E-state index contributed by atoms with van der Waals surface area (Å²) in [6.45, 7) is 9.78. The van der Waals surface area contributed by atoms with Gasteiger partial charge in [-0.1, -0.05) is 29.8 Å². The van der Waals surface area contributed by atoms with E-state index in [4.69, 9.17) is 9.15 Å². The maximum atomic E-state index is 12.9. The van der Waals surface area contributed by atoms with Crippen molar-refractivity contribution in [3.8, 4) is 5.69 Å². The second-order valence-corrected chi connectivity index (χ2v) is 8.01. The first-order valence-corrected chi connectivity index (χ1v) is 10.2. The van der Waals surface area contributed by atoms with Crippen molar-refractivity contribution in [2.24, 2.45) is 0 Å². The first kappa shape index (κ1) is 20.7. The summed E-state index contributed by atoms with van der Waals surface area (Å²) in [6, 6.07) is 15.2. The van der Waals surface area contributed by atoms with Gasteiger partial charge < -0.3 is 13.7 Å². The Kier molecular flexibility index (Phi) is 5.27. The number of hydrogen-bond acceptors (Lipinski definition) is 4. The Hall–Kier alpha value is -3.60. The zero-order valence-electron chi connectivity index (χ0n) is 18.4. The number of nitrogens with zero attached hydrogens (tertiary/aromatic N) is 1. The van der Waals surface area contributed by atoms with Gasteiger partial charge in [-0.05, 0) is 63.9 Å². The van der Waals surface area contributed by atoms with Gasteiger partial charge >= 0.3 is 11.6 Å². The van der Waals surface area contributed by atoms with E-state index in [1.807, 2.05) is 81.7 Å². The molecule has 0 unspecified atom stereocenters. The summed E-state index contributed by atoms with van der Waals surface area (Å²) < 4.78 is 13.1. The van der Waals surface area contributed by atoms with Crippen LogP contribution in [0.25, 0.3) is 16.7 Å². The molecule has 0 amide bonds. The first-order chi connectivity index (χ1) is 14.8. The van der Waals surface area contributed by atoms with Crippen molar-refractivity contribution in [3.63, 3.8) is 0 Å². The Balaban J connectivity index is 1.63. The number of rotatable bonds is 4. The van der Waals surface area contributed by atoms with Crippen LogP contribution in [-0.2, 0) is 11.3 Å². The molecule has 0 aliphatic carbocycles. The average Bonchev–Trinajstić information content (AvgIpc) is 3.04. The molecule has 2 aromatic heterocycles. The van der Waals surface area contributed by atoms with Crippen LogP contribution in [0, 0.1) is 34.6 Å². The molecule has 5 heteroatoms. The number of hydrogen-bond donors (Lipinski definition) is 0. The van der Waals surface area contributed by atoms with Crippen LogP contribution in [-0.4, -0.2) is 10.5 Å². The molecule has 0 fully saturated rings. The number of aryl methyl sites for hydroxylation is 4. The fraction of sp³-hybridized carbons (Fsp3) is 0.231. The zero-order chi connectivity index (χ0) is 22.3. The van der Waals surface area contributed by atoms with Crippen molar-refractivity contribution in [1.82, 2.24) is 4.57 Å². The molecule has 0 N–H and O–H groups in total. The van der Waals surface area contributed by atoms with Gasteiger partial charge in [0.25, 0.3) is 0 Å². The highest BCUT2D eigenvalue weighted by Gasteiger charge is 2.19. The number of ether oxygens (including phenoxy) is 1. The van der Waals surface area contributed by atoms with E-state index < -0.39 is 11.6 Å². The van der Waals surface area contributed by atoms with Gasteiger partial charge in [0.2, 0.25) is 0 Å². The summed E-state index contributed by atoms with van der Waals surface area (Å²) in [5.41, 5.74) is 7.11. The lowest BCUT2D eigenvalue weighted by Gasteiger charge is -2.11.